The zero-order valence-corrected chi connectivity index (χ0v) is 16.6. The van der Waals surface area contributed by atoms with Crippen LogP contribution in [-0.4, -0.2) is 22.0 Å². The molecule has 0 bridgehead atoms. The molecular weight excluding hydrogens is 372 g/mol. The number of hydrogen-bond donors (Lipinski definition) is 2. The molecule has 0 aliphatic carbocycles. The minimum Gasteiger partial charge on any atom is -0.326 e. The summed E-state index contributed by atoms with van der Waals surface area (Å²) in [6.07, 6.45) is 1.17. The molecule has 2 amide bonds. The molecule has 7 heteroatoms. The van der Waals surface area contributed by atoms with Gasteiger partial charge in [-0.05, 0) is 35.7 Å². The summed E-state index contributed by atoms with van der Waals surface area (Å²) >= 11 is 1.38. The summed E-state index contributed by atoms with van der Waals surface area (Å²) in [5, 5.41) is 15.2. The van der Waals surface area contributed by atoms with Gasteiger partial charge in [-0.2, -0.15) is 0 Å². The number of amides is 2. The van der Waals surface area contributed by atoms with Crippen LogP contribution in [0.5, 0.6) is 0 Å². The molecule has 1 aromatic heterocycles. The highest BCUT2D eigenvalue weighted by molar-refractivity contribution is 7.15. The molecule has 0 spiro atoms. The predicted octanol–water partition coefficient (Wildman–Crippen LogP) is 4.49. The van der Waals surface area contributed by atoms with Crippen molar-refractivity contribution in [1.29, 1.82) is 0 Å². The van der Waals surface area contributed by atoms with Gasteiger partial charge in [-0.25, -0.2) is 0 Å². The number of nitrogens with zero attached hydrogens (tertiary/aromatic N) is 2. The van der Waals surface area contributed by atoms with Crippen LogP contribution in [0.2, 0.25) is 0 Å². The molecule has 6 nitrogen and oxygen atoms in total. The number of rotatable bonds is 7. The van der Waals surface area contributed by atoms with Gasteiger partial charge in [-0.3, -0.25) is 14.9 Å². The third-order valence-corrected chi connectivity index (χ3v) is 5.15. The zero-order valence-electron chi connectivity index (χ0n) is 15.8. The van der Waals surface area contributed by atoms with Crippen molar-refractivity contribution >= 4 is 34.0 Å². The second-order valence-corrected chi connectivity index (χ2v) is 7.51. The van der Waals surface area contributed by atoms with Crippen LogP contribution in [0, 0.1) is 0 Å². The monoisotopic (exact) mass is 394 g/mol. The Bertz CT molecular complexity index is 939. The maximum atomic E-state index is 12.4. The van der Waals surface area contributed by atoms with E-state index in [0.29, 0.717) is 28.7 Å². The number of carbonyl (C=O) groups excluding carboxylic acids is 2. The third kappa shape index (κ3) is 5.23. The van der Waals surface area contributed by atoms with Gasteiger partial charge in [0.2, 0.25) is 11.0 Å². The molecule has 0 saturated carbocycles. The Balaban J connectivity index is 1.58. The zero-order chi connectivity index (χ0) is 19.9. The summed E-state index contributed by atoms with van der Waals surface area (Å²) in [6, 6.07) is 17.0. The van der Waals surface area contributed by atoms with E-state index in [2.05, 4.69) is 39.9 Å². The summed E-state index contributed by atoms with van der Waals surface area (Å²) in [5.41, 5.74) is 2.40. The summed E-state index contributed by atoms with van der Waals surface area (Å²) in [4.78, 5) is 23.8. The number of aromatic nitrogens is 2. The first-order valence-electron chi connectivity index (χ1n) is 9.13. The normalized spacial score (nSPS) is 11.6. The van der Waals surface area contributed by atoms with E-state index in [1.54, 1.807) is 31.2 Å². The summed E-state index contributed by atoms with van der Waals surface area (Å²) in [6.45, 7) is 3.93. The van der Waals surface area contributed by atoms with E-state index in [0.717, 1.165) is 11.4 Å². The number of hydrogen-bond acceptors (Lipinski definition) is 5. The molecule has 1 heterocycles. The largest absolute Gasteiger partial charge is 0.326 e. The van der Waals surface area contributed by atoms with Crippen molar-refractivity contribution in [3.05, 3.63) is 70.7 Å². The molecule has 0 aliphatic rings. The molecule has 3 rings (SSSR count). The fourth-order valence-electron chi connectivity index (χ4n) is 2.67. The van der Waals surface area contributed by atoms with Gasteiger partial charge in [-0.1, -0.05) is 55.5 Å². The molecule has 0 radical (unpaired) electrons. The lowest BCUT2D eigenvalue weighted by atomic mass is 9.98. The Morgan fingerprint density at radius 3 is 2.39 bits per heavy atom. The second-order valence-electron chi connectivity index (χ2n) is 6.45. The smallest absolute Gasteiger partial charge is 0.257 e. The van der Waals surface area contributed by atoms with Crippen molar-refractivity contribution in [2.75, 3.05) is 10.6 Å². The topological polar surface area (TPSA) is 84.0 Å². The fourth-order valence-corrected chi connectivity index (χ4v) is 3.54. The Labute approximate surface area is 168 Å². The van der Waals surface area contributed by atoms with Crippen molar-refractivity contribution in [3.8, 4) is 0 Å². The van der Waals surface area contributed by atoms with Crippen LogP contribution in [0.25, 0.3) is 0 Å². The SMILES string of the molecule is CCC(=O)Nc1ccc(C(=O)Nc2nnc(CC(C)c3ccccc3)s2)cc1. The quantitative estimate of drug-likeness (QED) is 0.619. The fraction of sp³-hybridized carbons (Fsp3) is 0.238. The lowest BCUT2D eigenvalue weighted by molar-refractivity contribution is -0.115. The van der Waals surface area contributed by atoms with Gasteiger partial charge in [0, 0.05) is 24.1 Å². The van der Waals surface area contributed by atoms with Crippen molar-refractivity contribution in [3.63, 3.8) is 0 Å². The Kier molecular flexibility index (Phi) is 6.49. The molecule has 1 unspecified atom stereocenters. The van der Waals surface area contributed by atoms with Crippen LogP contribution < -0.4 is 10.6 Å². The van der Waals surface area contributed by atoms with Crippen LogP contribution in [0.4, 0.5) is 10.8 Å². The Morgan fingerprint density at radius 1 is 1.00 bits per heavy atom. The average molecular weight is 395 g/mol. The van der Waals surface area contributed by atoms with E-state index in [4.69, 9.17) is 0 Å². The van der Waals surface area contributed by atoms with Gasteiger partial charge in [0.25, 0.3) is 5.91 Å². The van der Waals surface area contributed by atoms with Crippen LogP contribution in [0.3, 0.4) is 0 Å². The molecule has 0 saturated heterocycles. The molecule has 2 aromatic carbocycles. The van der Waals surface area contributed by atoms with Gasteiger partial charge in [-0.15, -0.1) is 10.2 Å². The number of nitrogens with one attached hydrogen (secondary N) is 2. The first-order chi connectivity index (χ1) is 13.5. The van der Waals surface area contributed by atoms with Gasteiger partial charge >= 0.3 is 0 Å². The number of benzene rings is 2. The molecule has 0 aliphatic heterocycles. The molecule has 144 valence electrons. The first kappa shape index (κ1) is 19.7. The molecule has 3 aromatic rings. The molecule has 2 N–H and O–H groups in total. The minimum absolute atomic E-state index is 0.0664. The number of anilines is 2. The molecule has 0 fully saturated rings. The van der Waals surface area contributed by atoms with Gasteiger partial charge in [0.1, 0.15) is 5.01 Å². The lowest BCUT2D eigenvalue weighted by Crippen LogP contribution is -2.12. The van der Waals surface area contributed by atoms with Crippen molar-refractivity contribution in [1.82, 2.24) is 10.2 Å². The maximum Gasteiger partial charge on any atom is 0.257 e. The highest BCUT2D eigenvalue weighted by Crippen LogP contribution is 2.24. The predicted molar refractivity (Wildman–Crippen MR) is 112 cm³/mol. The standard InChI is InChI=1S/C21H22N4O2S/c1-3-18(26)22-17-11-9-16(10-12-17)20(27)23-21-25-24-19(28-21)13-14(2)15-7-5-4-6-8-15/h4-12,14H,3,13H2,1-2H3,(H,22,26)(H,23,25,27). The summed E-state index contributed by atoms with van der Waals surface area (Å²) in [7, 11) is 0. The number of carbonyl (C=O) groups is 2. The molecule has 28 heavy (non-hydrogen) atoms. The highest BCUT2D eigenvalue weighted by Gasteiger charge is 2.13. The Hall–Kier alpha value is -3.06. The van der Waals surface area contributed by atoms with Crippen LogP contribution >= 0.6 is 11.3 Å². The van der Waals surface area contributed by atoms with Crippen LogP contribution in [-0.2, 0) is 11.2 Å². The molecule has 1 atom stereocenters. The minimum atomic E-state index is -0.257. The van der Waals surface area contributed by atoms with Crippen molar-refractivity contribution in [2.24, 2.45) is 0 Å². The van der Waals surface area contributed by atoms with Gasteiger partial charge in [0.05, 0.1) is 0 Å². The maximum absolute atomic E-state index is 12.4. The van der Waals surface area contributed by atoms with Gasteiger partial charge < -0.3 is 5.32 Å². The first-order valence-corrected chi connectivity index (χ1v) is 9.95. The van der Waals surface area contributed by atoms with E-state index in [9.17, 15) is 9.59 Å². The Morgan fingerprint density at radius 2 is 1.71 bits per heavy atom. The van der Waals surface area contributed by atoms with Crippen molar-refractivity contribution in [2.45, 2.75) is 32.6 Å². The van der Waals surface area contributed by atoms with Crippen LogP contribution in [0.15, 0.2) is 54.6 Å². The van der Waals surface area contributed by atoms with Gasteiger partial charge in [0.15, 0.2) is 0 Å². The van der Waals surface area contributed by atoms with E-state index in [1.165, 1.54) is 16.9 Å². The van der Waals surface area contributed by atoms with E-state index >= 15 is 0 Å². The summed E-state index contributed by atoms with van der Waals surface area (Å²) in [5.74, 6) is -0.000857. The lowest BCUT2D eigenvalue weighted by Gasteiger charge is -2.08. The van der Waals surface area contributed by atoms with Crippen molar-refractivity contribution < 1.29 is 9.59 Å². The highest BCUT2D eigenvalue weighted by atomic mass is 32.1. The average Bonchev–Trinajstić information content (AvgIpc) is 3.15. The molecular formula is C21H22N4O2S. The van der Waals surface area contributed by atoms with E-state index in [1.807, 2.05) is 18.2 Å². The second kappa shape index (κ2) is 9.23. The summed E-state index contributed by atoms with van der Waals surface area (Å²) < 4.78 is 0. The van der Waals surface area contributed by atoms with Crippen LogP contribution in [0.1, 0.15) is 47.1 Å². The third-order valence-electron chi connectivity index (χ3n) is 4.29. The van der Waals surface area contributed by atoms with E-state index in [-0.39, 0.29) is 11.8 Å². The van der Waals surface area contributed by atoms with E-state index < -0.39 is 0 Å².